The third-order valence-electron chi connectivity index (χ3n) is 7.60. The molecule has 1 aromatic rings. The molecule has 3 saturated heterocycles. The molecule has 4 aliphatic heterocycles. The maximum Gasteiger partial charge on any atom is 0.291 e. The first-order chi connectivity index (χ1) is 14.7. The van der Waals surface area contributed by atoms with E-state index in [0.29, 0.717) is 38.1 Å². The molecule has 1 unspecified atom stereocenters. The van der Waals surface area contributed by atoms with Crippen LogP contribution in [0.2, 0.25) is 0 Å². The molecule has 7 nitrogen and oxygen atoms in total. The van der Waals surface area contributed by atoms with Crippen molar-refractivity contribution < 1.29 is 23.9 Å². The summed E-state index contributed by atoms with van der Waals surface area (Å²) in [7, 11) is 3.25. The lowest BCUT2D eigenvalue weighted by atomic mass is 9.78. The number of hydrogen-bond acceptors (Lipinski definition) is 5. The van der Waals surface area contributed by atoms with Crippen LogP contribution in [-0.2, 0) is 27.3 Å². The topological polar surface area (TPSA) is 76.2 Å². The van der Waals surface area contributed by atoms with E-state index in [4.69, 9.17) is 9.47 Å². The zero-order valence-electron chi connectivity index (χ0n) is 19.1. The highest BCUT2D eigenvalue weighted by atomic mass is 16.5. The number of methoxy groups -OCH3 is 2. The summed E-state index contributed by atoms with van der Waals surface area (Å²) in [5.74, 6) is 0.466. The van der Waals surface area contributed by atoms with Gasteiger partial charge >= 0.3 is 0 Å². The van der Waals surface area contributed by atoms with Gasteiger partial charge in [-0.25, -0.2) is 0 Å². The molecule has 7 heteroatoms. The fourth-order valence-electron chi connectivity index (χ4n) is 5.27. The van der Waals surface area contributed by atoms with Crippen LogP contribution in [-0.4, -0.2) is 59.7 Å². The minimum atomic E-state index is -0.734. The van der Waals surface area contributed by atoms with E-state index in [0.717, 1.165) is 29.7 Å². The van der Waals surface area contributed by atoms with Crippen molar-refractivity contribution in [2.45, 2.75) is 71.0 Å². The molecule has 1 aromatic carbocycles. The first kappa shape index (κ1) is 21.7. The van der Waals surface area contributed by atoms with Crippen LogP contribution in [0.4, 0.5) is 0 Å². The number of carbonyl (C=O) groups excluding carboxylic acids is 3. The second-order valence-corrected chi connectivity index (χ2v) is 9.70. The smallest absolute Gasteiger partial charge is 0.291 e. The molecular formula is C24H32N2O5. The van der Waals surface area contributed by atoms with Crippen molar-refractivity contribution in [3.8, 4) is 11.5 Å². The maximum absolute atomic E-state index is 13.6. The van der Waals surface area contributed by atoms with E-state index in [1.54, 1.807) is 33.0 Å². The van der Waals surface area contributed by atoms with Gasteiger partial charge in [-0.1, -0.05) is 20.8 Å². The molecule has 0 saturated carbocycles. The van der Waals surface area contributed by atoms with Gasteiger partial charge in [0.2, 0.25) is 11.7 Å². The standard InChI is InChI=1S/C24H32N2O5/c1-6-23(2,3)20(27)22(29)25-14-24-9-7-8-18(25)21(28)26(24)13-15-10-16(30-4)11-19(31-5)17(15)12-24/h10-11,18H,6-9,12-14H2,1-5H3/t18?,24-/m0/s1. The first-order valence-corrected chi connectivity index (χ1v) is 11.1. The molecule has 0 N–H and O–H groups in total. The highest BCUT2D eigenvalue weighted by Gasteiger charge is 2.56. The minimum Gasteiger partial charge on any atom is -0.497 e. The van der Waals surface area contributed by atoms with E-state index >= 15 is 0 Å². The number of benzene rings is 1. The maximum atomic E-state index is 13.6. The zero-order valence-corrected chi connectivity index (χ0v) is 19.1. The van der Waals surface area contributed by atoms with Crippen molar-refractivity contribution in [2.24, 2.45) is 5.41 Å². The third-order valence-corrected chi connectivity index (χ3v) is 7.60. The van der Waals surface area contributed by atoms with E-state index < -0.39 is 28.7 Å². The quantitative estimate of drug-likeness (QED) is 0.674. The Balaban J connectivity index is 1.74. The summed E-state index contributed by atoms with van der Waals surface area (Å²) in [5.41, 5.74) is 0.830. The molecule has 1 spiro atoms. The Morgan fingerprint density at radius 3 is 2.61 bits per heavy atom. The SMILES string of the molecule is CCC(C)(C)C(=O)C(=O)N1C[C@@]23CCCC1C(=O)N2Cc1cc(OC)cc(OC)c1C3. The average Bonchev–Trinajstić information content (AvgIpc) is 3.03. The fourth-order valence-corrected chi connectivity index (χ4v) is 5.27. The number of ether oxygens (including phenoxy) is 2. The normalized spacial score (nSPS) is 24.9. The number of piperazine rings is 1. The van der Waals surface area contributed by atoms with E-state index in [-0.39, 0.29) is 5.91 Å². The van der Waals surface area contributed by atoms with Crippen LogP contribution in [0.25, 0.3) is 0 Å². The number of nitrogens with zero attached hydrogens (tertiary/aromatic N) is 2. The van der Waals surface area contributed by atoms with Gasteiger partial charge in [-0.3, -0.25) is 14.4 Å². The number of amides is 2. The predicted molar refractivity (Wildman–Crippen MR) is 115 cm³/mol. The van der Waals surface area contributed by atoms with Gasteiger partial charge in [0, 0.05) is 36.6 Å². The number of Topliss-reactive ketones (excluding diaryl/α,β-unsaturated/α-hetero) is 1. The summed E-state index contributed by atoms with van der Waals surface area (Å²) < 4.78 is 11.1. The van der Waals surface area contributed by atoms with Crippen molar-refractivity contribution in [2.75, 3.05) is 20.8 Å². The van der Waals surface area contributed by atoms with Crippen molar-refractivity contribution >= 4 is 17.6 Å². The van der Waals surface area contributed by atoms with E-state index in [1.165, 1.54) is 0 Å². The molecule has 168 valence electrons. The van der Waals surface area contributed by atoms with Crippen LogP contribution < -0.4 is 9.47 Å². The van der Waals surface area contributed by atoms with Gasteiger partial charge in [0.05, 0.1) is 19.8 Å². The van der Waals surface area contributed by atoms with Crippen molar-refractivity contribution in [1.82, 2.24) is 9.80 Å². The van der Waals surface area contributed by atoms with E-state index in [9.17, 15) is 14.4 Å². The van der Waals surface area contributed by atoms with Crippen molar-refractivity contribution in [3.05, 3.63) is 23.3 Å². The van der Waals surface area contributed by atoms with E-state index in [1.807, 2.05) is 24.0 Å². The predicted octanol–water partition coefficient (Wildman–Crippen LogP) is 2.73. The van der Waals surface area contributed by atoms with Crippen LogP contribution >= 0.6 is 0 Å². The lowest BCUT2D eigenvalue weighted by Crippen LogP contribution is -2.70. The number of hydrogen-bond donors (Lipinski definition) is 0. The summed E-state index contributed by atoms with van der Waals surface area (Å²) in [6, 6.07) is 3.27. The van der Waals surface area contributed by atoms with E-state index in [2.05, 4.69) is 0 Å². The van der Waals surface area contributed by atoms with Gasteiger partial charge in [-0.15, -0.1) is 0 Å². The molecule has 31 heavy (non-hydrogen) atoms. The van der Waals surface area contributed by atoms with Crippen LogP contribution in [0.15, 0.2) is 12.1 Å². The molecule has 2 atom stereocenters. The average molecular weight is 429 g/mol. The second-order valence-electron chi connectivity index (χ2n) is 9.70. The summed E-state index contributed by atoms with van der Waals surface area (Å²) in [6.45, 7) is 6.36. The second kappa shape index (κ2) is 7.53. The van der Waals surface area contributed by atoms with Crippen molar-refractivity contribution in [3.63, 3.8) is 0 Å². The lowest BCUT2D eigenvalue weighted by Gasteiger charge is -2.54. The van der Waals surface area contributed by atoms with Crippen LogP contribution in [0.1, 0.15) is 57.6 Å². The Morgan fingerprint density at radius 1 is 1.23 bits per heavy atom. The van der Waals surface area contributed by atoms with Crippen molar-refractivity contribution in [1.29, 1.82) is 0 Å². The molecule has 2 bridgehead atoms. The molecule has 0 radical (unpaired) electrons. The summed E-state index contributed by atoms with van der Waals surface area (Å²) >= 11 is 0. The number of ketones is 1. The fraction of sp³-hybridized carbons (Fsp3) is 0.625. The monoisotopic (exact) mass is 428 g/mol. The largest absolute Gasteiger partial charge is 0.497 e. The summed E-state index contributed by atoms with van der Waals surface area (Å²) in [5, 5.41) is 0. The van der Waals surface area contributed by atoms with Gasteiger partial charge in [-0.2, -0.15) is 0 Å². The Morgan fingerprint density at radius 2 is 1.97 bits per heavy atom. The van der Waals surface area contributed by atoms with Crippen LogP contribution in [0.5, 0.6) is 11.5 Å². The third kappa shape index (κ3) is 3.29. The van der Waals surface area contributed by atoms with Gasteiger partial charge in [0.15, 0.2) is 0 Å². The molecule has 5 rings (SSSR count). The highest BCUT2D eigenvalue weighted by Crippen LogP contribution is 2.46. The first-order valence-electron chi connectivity index (χ1n) is 11.1. The molecule has 4 aliphatic rings. The molecule has 4 heterocycles. The number of fused-ring (bicyclic) bond motifs is 4. The zero-order chi connectivity index (χ0) is 22.6. The minimum absolute atomic E-state index is 0.0494. The lowest BCUT2D eigenvalue weighted by molar-refractivity contribution is -0.166. The van der Waals surface area contributed by atoms with Crippen LogP contribution in [0, 0.1) is 5.41 Å². The van der Waals surface area contributed by atoms with Crippen LogP contribution in [0.3, 0.4) is 0 Å². The molecule has 0 aromatic heterocycles. The Hall–Kier alpha value is -2.57. The highest BCUT2D eigenvalue weighted by molar-refractivity contribution is 6.38. The molecule has 2 amide bonds. The summed E-state index contributed by atoms with van der Waals surface area (Å²) in [4.78, 5) is 43.3. The van der Waals surface area contributed by atoms with Gasteiger partial charge < -0.3 is 19.3 Å². The number of rotatable bonds is 5. The molecule has 3 fully saturated rings. The van der Waals surface area contributed by atoms with Gasteiger partial charge in [-0.05, 0) is 37.3 Å². The molecular weight excluding hydrogens is 396 g/mol. The Labute approximate surface area is 183 Å². The molecule has 0 aliphatic carbocycles. The van der Waals surface area contributed by atoms with Gasteiger partial charge in [0.1, 0.15) is 17.5 Å². The number of carbonyl (C=O) groups is 3. The Kier molecular flexibility index (Phi) is 5.26. The Bertz CT molecular complexity index is 940. The van der Waals surface area contributed by atoms with Gasteiger partial charge in [0.25, 0.3) is 5.91 Å². The summed E-state index contributed by atoms with van der Waals surface area (Å²) in [6.07, 6.45) is 3.42.